The smallest absolute Gasteiger partial charge is 0.0934 e. The van der Waals surface area contributed by atoms with Gasteiger partial charge in [-0.05, 0) is 24.0 Å². The summed E-state index contributed by atoms with van der Waals surface area (Å²) in [5, 5.41) is 0. The zero-order valence-corrected chi connectivity index (χ0v) is 7.61. The summed E-state index contributed by atoms with van der Waals surface area (Å²) in [5.41, 5.74) is 1.16. The molecule has 0 aromatic carbocycles. The zero-order chi connectivity index (χ0) is 8.10. The van der Waals surface area contributed by atoms with Gasteiger partial charge in [-0.1, -0.05) is 0 Å². The SMILES string of the molecule is ClCC(CCl)Cc1ccoc1. The van der Waals surface area contributed by atoms with Crippen LogP contribution >= 0.6 is 23.2 Å². The predicted octanol–water partition coefficient (Wildman–Crippen LogP) is 2.92. The molecule has 0 N–H and O–H groups in total. The molecule has 0 atom stereocenters. The third kappa shape index (κ3) is 2.76. The van der Waals surface area contributed by atoms with Gasteiger partial charge in [0.25, 0.3) is 0 Å². The van der Waals surface area contributed by atoms with Gasteiger partial charge in [0.05, 0.1) is 12.5 Å². The molecular weight excluding hydrogens is 183 g/mol. The van der Waals surface area contributed by atoms with E-state index in [9.17, 15) is 0 Å². The highest BCUT2D eigenvalue weighted by Crippen LogP contribution is 2.12. The van der Waals surface area contributed by atoms with E-state index >= 15 is 0 Å². The predicted molar refractivity (Wildman–Crippen MR) is 47.3 cm³/mol. The Morgan fingerprint density at radius 2 is 2.09 bits per heavy atom. The Morgan fingerprint density at radius 3 is 2.55 bits per heavy atom. The highest BCUT2D eigenvalue weighted by molar-refractivity contribution is 6.20. The number of hydrogen-bond donors (Lipinski definition) is 0. The largest absolute Gasteiger partial charge is 0.472 e. The van der Waals surface area contributed by atoms with Gasteiger partial charge in [-0.3, -0.25) is 0 Å². The molecule has 1 aromatic heterocycles. The van der Waals surface area contributed by atoms with E-state index in [1.165, 1.54) is 0 Å². The average Bonchev–Trinajstić information content (AvgIpc) is 2.52. The van der Waals surface area contributed by atoms with Crippen LogP contribution in [0.1, 0.15) is 5.56 Å². The van der Waals surface area contributed by atoms with E-state index in [0.29, 0.717) is 17.7 Å². The summed E-state index contributed by atoms with van der Waals surface area (Å²) < 4.78 is 4.92. The van der Waals surface area contributed by atoms with Crippen LogP contribution in [0.15, 0.2) is 23.0 Å². The van der Waals surface area contributed by atoms with Crippen molar-refractivity contribution in [3.05, 3.63) is 24.2 Å². The molecule has 0 saturated heterocycles. The van der Waals surface area contributed by atoms with Gasteiger partial charge in [0.1, 0.15) is 0 Å². The quantitative estimate of drug-likeness (QED) is 0.670. The molecule has 1 rings (SSSR count). The molecule has 0 spiro atoms. The number of hydrogen-bond acceptors (Lipinski definition) is 1. The Hall–Kier alpha value is -0.140. The third-order valence-corrected chi connectivity index (χ3v) is 2.41. The van der Waals surface area contributed by atoms with E-state index in [-0.39, 0.29) is 0 Å². The maximum Gasteiger partial charge on any atom is 0.0934 e. The minimum absolute atomic E-state index is 0.357. The van der Waals surface area contributed by atoms with E-state index < -0.39 is 0 Å². The molecule has 1 heterocycles. The maximum absolute atomic E-state index is 5.67. The van der Waals surface area contributed by atoms with E-state index in [4.69, 9.17) is 27.6 Å². The molecule has 0 bridgehead atoms. The fraction of sp³-hybridized carbons (Fsp3) is 0.500. The lowest BCUT2D eigenvalue weighted by atomic mass is 10.1. The van der Waals surface area contributed by atoms with Crippen LogP contribution in [0.4, 0.5) is 0 Å². The van der Waals surface area contributed by atoms with Crippen LogP contribution in [-0.2, 0) is 6.42 Å². The molecule has 0 aliphatic rings. The zero-order valence-electron chi connectivity index (χ0n) is 6.09. The van der Waals surface area contributed by atoms with Crippen molar-refractivity contribution in [1.82, 2.24) is 0 Å². The number of rotatable bonds is 4. The third-order valence-electron chi connectivity index (χ3n) is 1.54. The van der Waals surface area contributed by atoms with Crippen molar-refractivity contribution in [2.75, 3.05) is 11.8 Å². The lowest BCUT2D eigenvalue weighted by Gasteiger charge is -2.06. The highest BCUT2D eigenvalue weighted by Gasteiger charge is 2.06. The van der Waals surface area contributed by atoms with Gasteiger partial charge in [0, 0.05) is 11.8 Å². The minimum atomic E-state index is 0.357. The molecule has 0 saturated carbocycles. The molecule has 3 heteroatoms. The van der Waals surface area contributed by atoms with Crippen LogP contribution in [0.3, 0.4) is 0 Å². The Kier molecular flexibility index (Phi) is 3.81. The van der Waals surface area contributed by atoms with Crippen molar-refractivity contribution >= 4 is 23.2 Å². The lowest BCUT2D eigenvalue weighted by molar-refractivity contribution is 0.558. The summed E-state index contributed by atoms with van der Waals surface area (Å²) in [5.74, 6) is 1.57. The Labute approximate surface area is 76.3 Å². The van der Waals surface area contributed by atoms with Gasteiger partial charge in [-0.15, -0.1) is 23.2 Å². The fourth-order valence-corrected chi connectivity index (χ4v) is 1.44. The van der Waals surface area contributed by atoms with E-state index in [0.717, 1.165) is 12.0 Å². The van der Waals surface area contributed by atoms with Crippen LogP contribution in [-0.4, -0.2) is 11.8 Å². The monoisotopic (exact) mass is 192 g/mol. The number of alkyl halides is 2. The Morgan fingerprint density at radius 1 is 1.36 bits per heavy atom. The summed E-state index contributed by atoms with van der Waals surface area (Å²) >= 11 is 11.3. The second kappa shape index (κ2) is 4.68. The molecule has 0 amide bonds. The number of furan rings is 1. The van der Waals surface area contributed by atoms with Crippen molar-refractivity contribution < 1.29 is 4.42 Å². The van der Waals surface area contributed by atoms with Crippen molar-refractivity contribution in [2.24, 2.45) is 5.92 Å². The molecular formula is C8H10Cl2O. The molecule has 1 nitrogen and oxygen atoms in total. The molecule has 11 heavy (non-hydrogen) atoms. The molecule has 0 unspecified atom stereocenters. The topological polar surface area (TPSA) is 13.1 Å². The van der Waals surface area contributed by atoms with Crippen molar-refractivity contribution in [3.8, 4) is 0 Å². The second-order valence-electron chi connectivity index (χ2n) is 2.51. The van der Waals surface area contributed by atoms with Crippen LogP contribution < -0.4 is 0 Å². The van der Waals surface area contributed by atoms with Gasteiger partial charge in [0.15, 0.2) is 0 Å². The lowest BCUT2D eigenvalue weighted by Crippen LogP contribution is -2.07. The first-order valence-electron chi connectivity index (χ1n) is 3.49. The van der Waals surface area contributed by atoms with E-state index in [1.807, 2.05) is 6.07 Å². The van der Waals surface area contributed by atoms with Gasteiger partial charge in [-0.2, -0.15) is 0 Å². The van der Waals surface area contributed by atoms with Crippen LogP contribution in [0.5, 0.6) is 0 Å². The van der Waals surface area contributed by atoms with Gasteiger partial charge in [-0.25, -0.2) is 0 Å². The van der Waals surface area contributed by atoms with Crippen LogP contribution in [0.2, 0.25) is 0 Å². The molecule has 1 aromatic rings. The summed E-state index contributed by atoms with van der Waals surface area (Å²) in [6.07, 6.45) is 4.30. The minimum Gasteiger partial charge on any atom is -0.472 e. The average molecular weight is 193 g/mol. The second-order valence-corrected chi connectivity index (χ2v) is 3.13. The summed E-state index contributed by atoms with van der Waals surface area (Å²) in [6, 6.07) is 1.94. The summed E-state index contributed by atoms with van der Waals surface area (Å²) in [6.45, 7) is 0. The van der Waals surface area contributed by atoms with Gasteiger partial charge < -0.3 is 4.42 Å². The van der Waals surface area contributed by atoms with E-state index in [1.54, 1.807) is 12.5 Å². The number of halogens is 2. The van der Waals surface area contributed by atoms with Crippen molar-refractivity contribution in [1.29, 1.82) is 0 Å². The highest BCUT2D eigenvalue weighted by atomic mass is 35.5. The Balaban J connectivity index is 2.41. The van der Waals surface area contributed by atoms with Crippen LogP contribution in [0.25, 0.3) is 0 Å². The summed E-state index contributed by atoms with van der Waals surface area (Å²) in [7, 11) is 0. The molecule has 0 aliphatic heterocycles. The first-order chi connectivity index (χ1) is 5.36. The van der Waals surface area contributed by atoms with Crippen molar-refractivity contribution in [3.63, 3.8) is 0 Å². The fourth-order valence-electron chi connectivity index (χ4n) is 0.892. The molecule has 0 fully saturated rings. The van der Waals surface area contributed by atoms with Gasteiger partial charge >= 0.3 is 0 Å². The first-order valence-corrected chi connectivity index (χ1v) is 4.56. The normalized spacial score (nSPS) is 10.8. The Bertz CT molecular complexity index is 180. The molecule has 62 valence electrons. The van der Waals surface area contributed by atoms with Gasteiger partial charge in [0.2, 0.25) is 0 Å². The molecule has 0 radical (unpaired) electrons. The van der Waals surface area contributed by atoms with E-state index in [2.05, 4.69) is 0 Å². The maximum atomic E-state index is 5.67. The van der Waals surface area contributed by atoms with Crippen molar-refractivity contribution in [2.45, 2.75) is 6.42 Å². The standard InChI is InChI=1S/C8H10Cl2O/c9-4-8(5-10)3-7-1-2-11-6-7/h1-2,6,8H,3-5H2. The van der Waals surface area contributed by atoms with Crippen LogP contribution in [0, 0.1) is 5.92 Å². The summed E-state index contributed by atoms with van der Waals surface area (Å²) in [4.78, 5) is 0. The first kappa shape index (κ1) is 8.95. The molecule has 0 aliphatic carbocycles.